The fourth-order valence-electron chi connectivity index (χ4n) is 1.72. The quantitative estimate of drug-likeness (QED) is 0.752. The number of aromatic nitrogens is 1. The number of aryl methyl sites for hydroxylation is 2. The summed E-state index contributed by atoms with van der Waals surface area (Å²) in [4.78, 5) is 13.6. The van der Waals surface area contributed by atoms with Gasteiger partial charge in [0.2, 0.25) is 5.56 Å². The van der Waals surface area contributed by atoms with Gasteiger partial charge in [-0.1, -0.05) is 23.8 Å². The molecule has 15 heavy (non-hydrogen) atoms. The van der Waals surface area contributed by atoms with Gasteiger partial charge in [0.15, 0.2) is 0 Å². The molecule has 0 unspecified atom stereocenters. The lowest BCUT2D eigenvalue weighted by atomic mass is 10.0. The van der Waals surface area contributed by atoms with E-state index in [2.05, 4.69) is 37.0 Å². The van der Waals surface area contributed by atoms with Crippen LogP contribution in [0.4, 0.5) is 0 Å². The van der Waals surface area contributed by atoms with Gasteiger partial charge in [-0.05, 0) is 36.6 Å². The lowest BCUT2D eigenvalue weighted by Gasteiger charge is -2.06. The number of aromatic amines is 1. The maximum Gasteiger partial charge on any atom is 0.247 e. The van der Waals surface area contributed by atoms with Gasteiger partial charge in [0.05, 0.1) is 0 Å². The normalized spacial score (nSPS) is 10.3. The topological polar surface area (TPSA) is 32.9 Å². The zero-order chi connectivity index (χ0) is 10.8. The van der Waals surface area contributed by atoms with Crippen LogP contribution in [0.3, 0.4) is 0 Å². The molecule has 2 aromatic rings. The van der Waals surface area contributed by atoms with Gasteiger partial charge in [-0.25, -0.2) is 0 Å². The van der Waals surface area contributed by atoms with Crippen LogP contribution in [0.2, 0.25) is 0 Å². The Morgan fingerprint density at radius 1 is 1.07 bits per heavy atom. The standard InChI is InChI=1S/C13H13NO/c1-9-3-5-12(10(2)7-9)11-4-6-13(15)14-8-11/h3-8H,1-2H3,(H,14,15). The van der Waals surface area contributed by atoms with Crippen LogP contribution >= 0.6 is 0 Å². The first kappa shape index (κ1) is 9.71. The molecule has 0 radical (unpaired) electrons. The number of hydrogen-bond donors (Lipinski definition) is 1. The summed E-state index contributed by atoms with van der Waals surface area (Å²) in [7, 11) is 0. The summed E-state index contributed by atoms with van der Waals surface area (Å²) in [6, 6.07) is 9.69. The van der Waals surface area contributed by atoms with E-state index in [-0.39, 0.29) is 5.56 Å². The Labute approximate surface area is 88.6 Å². The van der Waals surface area contributed by atoms with Gasteiger partial charge in [-0.15, -0.1) is 0 Å². The van der Waals surface area contributed by atoms with E-state index in [1.54, 1.807) is 12.3 Å². The number of pyridine rings is 1. The molecule has 1 N–H and O–H groups in total. The van der Waals surface area contributed by atoms with Crippen LogP contribution in [-0.2, 0) is 0 Å². The summed E-state index contributed by atoms with van der Waals surface area (Å²) in [6.45, 7) is 4.15. The van der Waals surface area contributed by atoms with Gasteiger partial charge in [0.1, 0.15) is 0 Å². The van der Waals surface area contributed by atoms with Crippen LogP contribution in [0.5, 0.6) is 0 Å². The predicted molar refractivity (Wildman–Crippen MR) is 62.0 cm³/mol. The molecule has 0 aliphatic carbocycles. The highest BCUT2D eigenvalue weighted by molar-refractivity contribution is 5.66. The maximum absolute atomic E-state index is 10.9. The van der Waals surface area contributed by atoms with Crippen molar-refractivity contribution in [3.63, 3.8) is 0 Å². The summed E-state index contributed by atoms with van der Waals surface area (Å²) in [5.74, 6) is 0. The molecule has 0 aliphatic heterocycles. The maximum atomic E-state index is 10.9. The van der Waals surface area contributed by atoms with Crippen molar-refractivity contribution in [2.24, 2.45) is 0 Å². The van der Waals surface area contributed by atoms with E-state index in [9.17, 15) is 4.79 Å². The van der Waals surface area contributed by atoms with Gasteiger partial charge >= 0.3 is 0 Å². The first-order valence-electron chi connectivity index (χ1n) is 4.93. The van der Waals surface area contributed by atoms with E-state index < -0.39 is 0 Å². The molecule has 0 amide bonds. The molecule has 76 valence electrons. The third-order valence-corrected chi connectivity index (χ3v) is 2.48. The van der Waals surface area contributed by atoms with E-state index in [0.29, 0.717) is 0 Å². The SMILES string of the molecule is Cc1ccc(-c2ccc(=O)[nH]c2)c(C)c1. The fraction of sp³-hybridized carbons (Fsp3) is 0.154. The Bertz CT molecular complexity index is 520. The second kappa shape index (κ2) is 3.73. The van der Waals surface area contributed by atoms with Crippen LogP contribution in [0.15, 0.2) is 41.3 Å². The molecule has 0 saturated carbocycles. The van der Waals surface area contributed by atoms with E-state index in [1.807, 2.05) is 6.07 Å². The van der Waals surface area contributed by atoms with Crippen molar-refractivity contribution in [3.8, 4) is 11.1 Å². The molecule has 1 aromatic carbocycles. The second-order valence-electron chi connectivity index (χ2n) is 3.76. The van der Waals surface area contributed by atoms with Crippen LogP contribution < -0.4 is 5.56 Å². The molecular weight excluding hydrogens is 186 g/mol. The molecule has 2 heteroatoms. The zero-order valence-electron chi connectivity index (χ0n) is 8.87. The van der Waals surface area contributed by atoms with Crippen molar-refractivity contribution in [2.45, 2.75) is 13.8 Å². The average molecular weight is 199 g/mol. The molecule has 0 spiro atoms. The minimum atomic E-state index is -0.0662. The lowest BCUT2D eigenvalue weighted by molar-refractivity contribution is 1.24. The van der Waals surface area contributed by atoms with Crippen molar-refractivity contribution in [2.75, 3.05) is 0 Å². The average Bonchev–Trinajstić information content (AvgIpc) is 2.20. The van der Waals surface area contributed by atoms with Crippen LogP contribution in [-0.4, -0.2) is 4.98 Å². The van der Waals surface area contributed by atoms with Gasteiger partial charge in [0.25, 0.3) is 0 Å². The Hall–Kier alpha value is -1.83. The molecule has 0 fully saturated rings. The molecule has 0 atom stereocenters. The molecule has 2 nitrogen and oxygen atoms in total. The van der Waals surface area contributed by atoms with Gasteiger partial charge in [-0.3, -0.25) is 4.79 Å². The van der Waals surface area contributed by atoms with Crippen LogP contribution in [0.25, 0.3) is 11.1 Å². The third kappa shape index (κ3) is 1.99. The van der Waals surface area contributed by atoms with Crippen molar-refractivity contribution < 1.29 is 0 Å². The highest BCUT2D eigenvalue weighted by atomic mass is 16.1. The number of hydrogen-bond acceptors (Lipinski definition) is 1. The lowest BCUT2D eigenvalue weighted by Crippen LogP contribution is -2.01. The third-order valence-electron chi connectivity index (χ3n) is 2.48. The van der Waals surface area contributed by atoms with Crippen LogP contribution in [0, 0.1) is 13.8 Å². The molecule has 0 aliphatic rings. The molecule has 0 saturated heterocycles. The van der Waals surface area contributed by atoms with Crippen molar-refractivity contribution >= 4 is 0 Å². The highest BCUT2D eigenvalue weighted by Gasteiger charge is 2.01. The smallest absolute Gasteiger partial charge is 0.247 e. The largest absolute Gasteiger partial charge is 0.328 e. The van der Waals surface area contributed by atoms with Gasteiger partial charge < -0.3 is 4.98 Å². The van der Waals surface area contributed by atoms with Crippen LogP contribution in [0.1, 0.15) is 11.1 Å². The van der Waals surface area contributed by atoms with Crippen molar-refractivity contribution in [1.29, 1.82) is 0 Å². The summed E-state index contributed by atoms with van der Waals surface area (Å²) in [5, 5.41) is 0. The fourth-order valence-corrected chi connectivity index (χ4v) is 1.72. The van der Waals surface area contributed by atoms with E-state index in [4.69, 9.17) is 0 Å². The Morgan fingerprint density at radius 2 is 1.87 bits per heavy atom. The first-order valence-corrected chi connectivity index (χ1v) is 4.93. The summed E-state index contributed by atoms with van der Waals surface area (Å²) in [6.07, 6.45) is 1.75. The monoisotopic (exact) mass is 199 g/mol. The van der Waals surface area contributed by atoms with Crippen molar-refractivity contribution in [3.05, 3.63) is 58.0 Å². The van der Waals surface area contributed by atoms with Gasteiger partial charge in [-0.2, -0.15) is 0 Å². The first-order chi connectivity index (χ1) is 7.16. The molecule has 0 bridgehead atoms. The number of benzene rings is 1. The molecular formula is C13H13NO. The predicted octanol–water partition coefficient (Wildman–Crippen LogP) is 2.66. The zero-order valence-corrected chi connectivity index (χ0v) is 8.87. The molecule has 1 aromatic heterocycles. The second-order valence-corrected chi connectivity index (χ2v) is 3.76. The number of H-pyrrole nitrogens is 1. The molecule has 1 heterocycles. The Morgan fingerprint density at radius 3 is 2.47 bits per heavy atom. The van der Waals surface area contributed by atoms with E-state index >= 15 is 0 Å². The minimum absolute atomic E-state index is 0.0662. The highest BCUT2D eigenvalue weighted by Crippen LogP contribution is 2.22. The molecule has 2 rings (SSSR count). The number of nitrogens with one attached hydrogen (secondary N) is 1. The summed E-state index contributed by atoms with van der Waals surface area (Å²) in [5.41, 5.74) is 4.62. The van der Waals surface area contributed by atoms with E-state index in [0.717, 1.165) is 11.1 Å². The number of rotatable bonds is 1. The summed E-state index contributed by atoms with van der Waals surface area (Å²) < 4.78 is 0. The Balaban J connectivity index is 2.54. The van der Waals surface area contributed by atoms with Gasteiger partial charge in [0, 0.05) is 12.3 Å². The summed E-state index contributed by atoms with van der Waals surface area (Å²) >= 11 is 0. The van der Waals surface area contributed by atoms with E-state index in [1.165, 1.54) is 11.1 Å². The van der Waals surface area contributed by atoms with Crippen molar-refractivity contribution in [1.82, 2.24) is 4.98 Å². The minimum Gasteiger partial charge on any atom is -0.328 e. The Kier molecular flexibility index (Phi) is 2.42.